The highest BCUT2D eigenvalue weighted by molar-refractivity contribution is 7.92. The first kappa shape index (κ1) is 22.9. The molecule has 2 aromatic rings. The number of nitrogens with two attached hydrogens (primary N) is 1. The Hall–Kier alpha value is -2.29. The van der Waals surface area contributed by atoms with Crippen LogP contribution in [0.5, 0.6) is 0 Å². The van der Waals surface area contributed by atoms with Gasteiger partial charge in [0, 0.05) is 36.3 Å². The summed E-state index contributed by atoms with van der Waals surface area (Å²) in [6.07, 6.45) is -5.33. The van der Waals surface area contributed by atoms with Crippen LogP contribution >= 0.6 is 0 Å². The van der Waals surface area contributed by atoms with E-state index in [4.69, 9.17) is 10.5 Å². The molecule has 2 aliphatic heterocycles. The summed E-state index contributed by atoms with van der Waals surface area (Å²) >= 11 is 0. The van der Waals surface area contributed by atoms with Crippen molar-refractivity contribution < 1.29 is 35.1 Å². The number of aromatic amines is 1. The van der Waals surface area contributed by atoms with E-state index in [0.29, 0.717) is 24.2 Å². The van der Waals surface area contributed by atoms with Gasteiger partial charge < -0.3 is 10.5 Å². The van der Waals surface area contributed by atoms with Gasteiger partial charge in [-0.1, -0.05) is 0 Å². The number of fused-ring (bicyclic) bond motifs is 1. The van der Waals surface area contributed by atoms with Crippen LogP contribution in [0.4, 0.5) is 27.8 Å². The van der Waals surface area contributed by atoms with Crippen LogP contribution in [0.1, 0.15) is 29.3 Å². The SMILES string of the molecule is N[C@H]1C[C@@H](N2Cc3[nH]nc(NS(=O)(=O)CC(F)(F)F)c3C2)CO[C@@H]1c1cc(F)ccc1F. The number of rotatable bonds is 5. The molecule has 0 amide bonds. The highest BCUT2D eigenvalue weighted by Gasteiger charge is 2.39. The molecule has 1 aromatic heterocycles. The zero-order chi connectivity index (χ0) is 23.3. The molecule has 0 spiro atoms. The summed E-state index contributed by atoms with van der Waals surface area (Å²) in [6, 6.07) is 2.20. The van der Waals surface area contributed by atoms with Crippen LogP contribution in [-0.4, -0.2) is 54.1 Å². The van der Waals surface area contributed by atoms with Crippen LogP contribution in [0.3, 0.4) is 0 Å². The Labute approximate surface area is 180 Å². The highest BCUT2D eigenvalue weighted by atomic mass is 32.2. The van der Waals surface area contributed by atoms with Gasteiger partial charge in [0.05, 0.1) is 12.3 Å². The minimum Gasteiger partial charge on any atom is -0.370 e. The molecule has 0 aliphatic carbocycles. The van der Waals surface area contributed by atoms with Crippen molar-refractivity contribution in [2.45, 2.75) is 43.9 Å². The Bertz CT molecular complexity index is 1110. The number of halogens is 5. The molecular weight excluding hydrogens is 461 g/mol. The first-order valence-corrected chi connectivity index (χ1v) is 11.3. The standard InChI is InChI=1S/C18H20F5N5O3S/c19-9-1-2-13(20)11(3-9)16-14(24)4-10(7-31-16)28-5-12-15(6-28)25-26-17(12)27-32(29,30)8-18(21,22)23/h1-3,10,14,16H,4-8,24H2,(H2,25,26,27)/t10-,14+,16-/m1/s1. The lowest BCUT2D eigenvalue weighted by Gasteiger charge is -2.38. The van der Waals surface area contributed by atoms with Crippen LogP contribution in [0, 0.1) is 11.6 Å². The number of benzene rings is 1. The van der Waals surface area contributed by atoms with Crippen molar-refractivity contribution in [2.24, 2.45) is 5.73 Å². The normalized spacial score (nSPS) is 24.5. The molecule has 3 heterocycles. The van der Waals surface area contributed by atoms with E-state index >= 15 is 0 Å². The van der Waals surface area contributed by atoms with Gasteiger partial charge >= 0.3 is 6.18 Å². The fourth-order valence-electron chi connectivity index (χ4n) is 4.06. The summed E-state index contributed by atoms with van der Waals surface area (Å²) in [6.45, 7) is 0.680. The molecule has 1 fully saturated rings. The van der Waals surface area contributed by atoms with Crippen LogP contribution in [-0.2, 0) is 27.8 Å². The molecule has 0 radical (unpaired) electrons. The van der Waals surface area contributed by atoms with E-state index in [1.54, 1.807) is 0 Å². The minimum absolute atomic E-state index is 0.0353. The van der Waals surface area contributed by atoms with Crippen molar-refractivity contribution in [3.8, 4) is 0 Å². The van der Waals surface area contributed by atoms with Gasteiger partial charge in [-0.15, -0.1) is 0 Å². The molecule has 0 unspecified atom stereocenters. The van der Waals surface area contributed by atoms with Crippen molar-refractivity contribution >= 4 is 15.8 Å². The molecule has 1 saturated heterocycles. The average Bonchev–Trinajstić information content (AvgIpc) is 3.24. The lowest BCUT2D eigenvalue weighted by Crippen LogP contribution is -2.47. The summed E-state index contributed by atoms with van der Waals surface area (Å²) in [4.78, 5) is 1.91. The smallest absolute Gasteiger partial charge is 0.370 e. The zero-order valence-corrected chi connectivity index (χ0v) is 17.3. The molecule has 32 heavy (non-hydrogen) atoms. The molecule has 4 rings (SSSR count). The first-order valence-electron chi connectivity index (χ1n) is 9.61. The van der Waals surface area contributed by atoms with Gasteiger partial charge in [-0.2, -0.15) is 18.3 Å². The minimum atomic E-state index is -4.88. The fourth-order valence-corrected chi connectivity index (χ4v) is 5.02. The second-order valence-electron chi connectivity index (χ2n) is 7.88. The number of aromatic nitrogens is 2. The Balaban J connectivity index is 1.42. The number of alkyl halides is 3. The van der Waals surface area contributed by atoms with Crippen molar-refractivity contribution in [3.05, 3.63) is 46.7 Å². The third-order valence-corrected chi connectivity index (χ3v) is 6.68. The van der Waals surface area contributed by atoms with Gasteiger partial charge in [-0.25, -0.2) is 17.2 Å². The quantitative estimate of drug-likeness (QED) is 0.565. The molecule has 0 saturated carbocycles. The fraction of sp³-hybridized carbons (Fsp3) is 0.500. The molecule has 14 heteroatoms. The maximum absolute atomic E-state index is 14.1. The Kier molecular flexibility index (Phi) is 5.90. The molecule has 1 aromatic carbocycles. The molecule has 176 valence electrons. The first-order chi connectivity index (χ1) is 14.9. The van der Waals surface area contributed by atoms with Gasteiger partial charge in [-0.05, 0) is 24.6 Å². The number of hydrogen-bond acceptors (Lipinski definition) is 6. The van der Waals surface area contributed by atoms with Gasteiger partial charge in [0.15, 0.2) is 11.6 Å². The summed E-state index contributed by atoms with van der Waals surface area (Å²) in [5.74, 6) is -3.43. The predicted molar refractivity (Wildman–Crippen MR) is 103 cm³/mol. The van der Waals surface area contributed by atoms with E-state index in [2.05, 4.69) is 10.2 Å². The topological polar surface area (TPSA) is 113 Å². The van der Waals surface area contributed by atoms with Crippen LogP contribution in [0.2, 0.25) is 0 Å². The van der Waals surface area contributed by atoms with E-state index < -0.39 is 45.7 Å². The van der Waals surface area contributed by atoms with E-state index in [9.17, 15) is 30.4 Å². The number of anilines is 1. The molecule has 4 N–H and O–H groups in total. The van der Waals surface area contributed by atoms with E-state index in [1.165, 1.54) is 0 Å². The van der Waals surface area contributed by atoms with Gasteiger partial charge in [0.1, 0.15) is 17.7 Å². The van der Waals surface area contributed by atoms with Crippen molar-refractivity contribution in [1.82, 2.24) is 15.1 Å². The molecular formula is C18H20F5N5O3S. The van der Waals surface area contributed by atoms with Crippen LogP contribution in [0.25, 0.3) is 0 Å². The molecule has 3 atom stereocenters. The lowest BCUT2D eigenvalue weighted by atomic mass is 9.93. The highest BCUT2D eigenvalue weighted by Crippen LogP contribution is 2.35. The number of hydrogen-bond donors (Lipinski definition) is 3. The maximum Gasteiger partial charge on any atom is 0.404 e. The molecule has 0 bridgehead atoms. The summed E-state index contributed by atoms with van der Waals surface area (Å²) < 4.78 is 96.2. The summed E-state index contributed by atoms with van der Waals surface area (Å²) in [5.41, 5.74) is 7.21. The van der Waals surface area contributed by atoms with Gasteiger partial charge in [0.25, 0.3) is 0 Å². The van der Waals surface area contributed by atoms with Crippen LogP contribution in [0.15, 0.2) is 18.2 Å². The molecule has 8 nitrogen and oxygen atoms in total. The van der Waals surface area contributed by atoms with Crippen LogP contribution < -0.4 is 10.5 Å². The monoisotopic (exact) mass is 481 g/mol. The van der Waals surface area contributed by atoms with Crippen molar-refractivity contribution in [1.29, 1.82) is 0 Å². The molecule has 2 aliphatic rings. The number of sulfonamides is 1. The summed E-state index contributed by atoms with van der Waals surface area (Å²) in [7, 11) is -4.67. The predicted octanol–water partition coefficient (Wildman–Crippen LogP) is 2.16. The number of nitrogens with zero attached hydrogens (tertiary/aromatic N) is 2. The average molecular weight is 481 g/mol. The number of ether oxygens (including phenoxy) is 1. The van der Waals surface area contributed by atoms with Gasteiger partial charge in [-0.3, -0.25) is 14.7 Å². The number of nitrogens with one attached hydrogen (secondary N) is 2. The third kappa shape index (κ3) is 4.87. The third-order valence-electron chi connectivity index (χ3n) is 5.46. The Morgan fingerprint density at radius 3 is 2.72 bits per heavy atom. The van der Waals surface area contributed by atoms with Crippen molar-refractivity contribution in [2.75, 3.05) is 17.1 Å². The maximum atomic E-state index is 14.1. The second kappa shape index (κ2) is 8.24. The second-order valence-corrected chi connectivity index (χ2v) is 9.61. The Morgan fingerprint density at radius 2 is 2.03 bits per heavy atom. The zero-order valence-electron chi connectivity index (χ0n) is 16.5. The number of H-pyrrole nitrogens is 1. The van der Waals surface area contributed by atoms with Crippen molar-refractivity contribution in [3.63, 3.8) is 0 Å². The largest absolute Gasteiger partial charge is 0.404 e. The Morgan fingerprint density at radius 1 is 1.28 bits per heavy atom. The van der Waals surface area contributed by atoms with Gasteiger partial charge in [0.2, 0.25) is 10.0 Å². The lowest BCUT2D eigenvalue weighted by molar-refractivity contribution is -0.106. The van der Waals surface area contributed by atoms with E-state index in [-0.39, 0.29) is 30.6 Å². The van der Waals surface area contributed by atoms with E-state index in [0.717, 1.165) is 18.2 Å². The summed E-state index contributed by atoms with van der Waals surface area (Å²) in [5, 5.41) is 6.41. The van der Waals surface area contributed by atoms with E-state index in [1.807, 2.05) is 9.62 Å².